The largest absolute Gasteiger partial charge is 0.326 e. The van der Waals surface area contributed by atoms with Gasteiger partial charge < -0.3 is 5.32 Å². The molecule has 27 heavy (non-hydrogen) atoms. The lowest BCUT2D eigenvalue weighted by atomic mass is 10.1. The first-order valence-corrected chi connectivity index (χ1v) is 9.47. The normalized spacial score (nSPS) is 11.8. The van der Waals surface area contributed by atoms with Crippen molar-refractivity contribution in [3.8, 4) is 11.1 Å². The smallest absolute Gasteiger partial charge is 0.228 e. The lowest BCUT2D eigenvalue weighted by Crippen LogP contribution is -2.15. The maximum absolute atomic E-state index is 13.4. The molecular formula is C19H15ClFN3O2S. The molecule has 3 rings (SSSR count). The Morgan fingerprint density at radius 3 is 2.67 bits per heavy atom. The Hall–Kier alpha value is -2.61. The number of hydrogen-bond donors (Lipinski definition) is 2. The molecule has 5 nitrogen and oxygen atoms in total. The minimum Gasteiger partial charge on any atom is -0.326 e. The fraction of sp³-hybridized carbons (Fsp3) is 0.0526. The van der Waals surface area contributed by atoms with Crippen molar-refractivity contribution in [1.82, 2.24) is 4.98 Å². The van der Waals surface area contributed by atoms with Gasteiger partial charge in [0.15, 0.2) is 0 Å². The second-order valence-electron chi connectivity index (χ2n) is 5.72. The van der Waals surface area contributed by atoms with Gasteiger partial charge >= 0.3 is 0 Å². The zero-order chi connectivity index (χ0) is 19.4. The van der Waals surface area contributed by atoms with Crippen molar-refractivity contribution in [3.63, 3.8) is 0 Å². The Morgan fingerprint density at radius 2 is 1.96 bits per heavy atom. The Balaban J connectivity index is 1.85. The van der Waals surface area contributed by atoms with Crippen LogP contribution >= 0.6 is 11.6 Å². The summed E-state index contributed by atoms with van der Waals surface area (Å²) in [6.45, 7) is 0. The summed E-state index contributed by atoms with van der Waals surface area (Å²) in [5.41, 5.74) is 2.04. The van der Waals surface area contributed by atoms with Gasteiger partial charge in [-0.3, -0.25) is 9.78 Å². The second kappa shape index (κ2) is 8.39. The lowest BCUT2D eigenvalue weighted by Gasteiger charge is -2.11. The zero-order valence-corrected chi connectivity index (χ0v) is 15.6. The van der Waals surface area contributed by atoms with E-state index in [9.17, 15) is 13.4 Å². The van der Waals surface area contributed by atoms with Crippen LogP contribution in [0.1, 0.15) is 5.56 Å². The maximum atomic E-state index is 13.4. The summed E-state index contributed by atoms with van der Waals surface area (Å²) in [5.74, 6) is -0.796. The Labute approximate surface area is 163 Å². The van der Waals surface area contributed by atoms with Crippen LogP contribution in [0.5, 0.6) is 0 Å². The minimum absolute atomic E-state index is 0.0935. The van der Waals surface area contributed by atoms with Gasteiger partial charge in [-0.15, -0.1) is 0 Å². The first-order chi connectivity index (χ1) is 12.9. The third kappa shape index (κ3) is 4.77. The van der Waals surface area contributed by atoms with Crippen molar-refractivity contribution in [1.29, 1.82) is 0 Å². The molecule has 0 saturated carbocycles. The van der Waals surface area contributed by atoms with Crippen molar-refractivity contribution >= 4 is 34.2 Å². The van der Waals surface area contributed by atoms with Crippen LogP contribution in [0, 0.1) is 5.82 Å². The molecule has 8 heteroatoms. The summed E-state index contributed by atoms with van der Waals surface area (Å²) in [6.07, 6.45) is 2.62. The van der Waals surface area contributed by atoms with Crippen molar-refractivity contribution in [2.45, 2.75) is 11.3 Å². The number of nitrogens with zero attached hydrogens (tertiary/aromatic N) is 1. The van der Waals surface area contributed by atoms with Gasteiger partial charge in [0.1, 0.15) is 16.8 Å². The fourth-order valence-corrected chi connectivity index (χ4v) is 3.43. The molecular weight excluding hydrogens is 389 g/mol. The van der Waals surface area contributed by atoms with E-state index in [0.29, 0.717) is 27.4 Å². The summed E-state index contributed by atoms with van der Waals surface area (Å²) in [7, 11) is -1.84. The van der Waals surface area contributed by atoms with Crippen LogP contribution in [0.25, 0.3) is 11.1 Å². The van der Waals surface area contributed by atoms with Gasteiger partial charge in [-0.1, -0.05) is 35.9 Å². The Bertz CT molecular complexity index is 1030. The molecule has 0 saturated heterocycles. The molecule has 1 amide bonds. The van der Waals surface area contributed by atoms with Crippen molar-refractivity contribution in [2.75, 3.05) is 5.32 Å². The average molecular weight is 404 g/mol. The van der Waals surface area contributed by atoms with Gasteiger partial charge in [0, 0.05) is 28.0 Å². The molecule has 0 bridgehead atoms. The number of amides is 1. The molecule has 1 atom stereocenters. The van der Waals surface area contributed by atoms with Crippen LogP contribution in [-0.4, -0.2) is 15.1 Å². The Kier molecular flexibility index (Phi) is 5.95. The van der Waals surface area contributed by atoms with E-state index >= 15 is 0 Å². The highest BCUT2D eigenvalue weighted by atomic mass is 35.5. The molecule has 3 aromatic rings. The minimum atomic E-state index is -1.84. The summed E-state index contributed by atoms with van der Waals surface area (Å²) in [5, 5.41) is 8.79. The van der Waals surface area contributed by atoms with E-state index in [1.807, 2.05) is 0 Å². The van der Waals surface area contributed by atoms with Gasteiger partial charge in [0.05, 0.1) is 17.5 Å². The highest BCUT2D eigenvalue weighted by molar-refractivity contribution is 7.82. The molecule has 0 radical (unpaired) electrons. The SMILES string of the molecule is NS(=O)c1cc(NC(=O)Cc2ccccc2Cl)ccc1-c1cncc(F)c1. The number of halogens is 2. The van der Waals surface area contributed by atoms with Gasteiger partial charge in [-0.25, -0.2) is 13.7 Å². The van der Waals surface area contributed by atoms with Crippen LogP contribution in [0.3, 0.4) is 0 Å². The van der Waals surface area contributed by atoms with Gasteiger partial charge in [0.25, 0.3) is 0 Å². The van der Waals surface area contributed by atoms with E-state index < -0.39 is 16.8 Å². The molecule has 0 aliphatic heterocycles. The Morgan fingerprint density at radius 1 is 1.19 bits per heavy atom. The standard InChI is InChI=1S/C19H15ClFN3O2S/c20-17-4-2-1-3-12(17)8-19(25)24-15-5-6-16(18(9-15)27(22)26)13-7-14(21)11-23-10-13/h1-7,9-11H,8,22H2,(H,24,25). The summed E-state index contributed by atoms with van der Waals surface area (Å²) in [4.78, 5) is 16.3. The topological polar surface area (TPSA) is 85.1 Å². The van der Waals surface area contributed by atoms with Crippen LogP contribution in [0.4, 0.5) is 10.1 Å². The molecule has 1 unspecified atom stereocenters. The fourth-order valence-electron chi connectivity index (χ4n) is 2.58. The molecule has 2 aromatic carbocycles. The maximum Gasteiger partial charge on any atom is 0.228 e. The van der Waals surface area contributed by atoms with Crippen LogP contribution < -0.4 is 10.5 Å². The monoisotopic (exact) mass is 403 g/mol. The second-order valence-corrected chi connectivity index (χ2v) is 7.16. The van der Waals surface area contributed by atoms with Crippen LogP contribution in [0.15, 0.2) is 65.8 Å². The van der Waals surface area contributed by atoms with E-state index in [1.54, 1.807) is 36.4 Å². The highest BCUT2D eigenvalue weighted by Crippen LogP contribution is 2.28. The third-order valence-electron chi connectivity index (χ3n) is 3.81. The predicted molar refractivity (Wildman–Crippen MR) is 104 cm³/mol. The van der Waals surface area contributed by atoms with E-state index in [2.05, 4.69) is 10.3 Å². The van der Waals surface area contributed by atoms with Crippen molar-refractivity contribution in [2.24, 2.45) is 5.14 Å². The number of benzene rings is 2. The molecule has 138 valence electrons. The van der Waals surface area contributed by atoms with Crippen LogP contribution in [0.2, 0.25) is 5.02 Å². The molecule has 0 spiro atoms. The number of nitrogens with two attached hydrogens (primary N) is 1. The molecule has 0 aliphatic rings. The first-order valence-electron chi connectivity index (χ1n) is 7.88. The number of aromatic nitrogens is 1. The van der Waals surface area contributed by atoms with Crippen LogP contribution in [-0.2, 0) is 22.2 Å². The van der Waals surface area contributed by atoms with E-state index in [0.717, 1.165) is 6.20 Å². The number of nitrogens with one attached hydrogen (secondary N) is 1. The van der Waals surface area contributed by atoms with Crippen molar-refractivity contribution in [3.05, 3.63) is 77.3 Å². The molecule has 1 heterocycles. The lowest BCUT2D eigenvalue weighted by molar-refractivity contribution is -0.115. The number of hydrogen-bond acceptors (Lipinski definition) is 3. The molecule has 0 fully saturated rings. The van der Waals surface area contributed by atoms with Gasteiger partial charge in [0.2, 0.25) is 5.91 Å². The molecule has 1 aromatic heterocycles. The number of carbonyl (C=O) groups excluding carboxylic acids is 1. The quantitative estimate of drug-likeness (QED) is 0.681. The predicted octanol–water partition coefficient (Wildman–Crippen LogP) is 3.70. The number of rotatable bonds is 5. The highest BCUT2D eigenvalue weighted by Gasteiger charge is 2.13. The third-order valence-corrected chi connectivity index (χ3v) is 4.95. The van der Waals surface area contributed by atoms with E-state index in [1.165, 1.54) is 18.3 Å². The summed E-state index contributed by atoms with van der Waals surface area (Å²) in [6, 6.07) is 13.1. The number of anilines is 1. The van der Waals surface area contributed by atoms with E-state index in [-0.39, 0.29) is 17.2 Å². The first kappa shape index (κ1) is 19.2. The van der Waals surface area contributed by atoms with Crippen molar-refractivity contribution < 1.29 is 13.4 Å². The molecule has 0 aliphatic carbocycles. The zero-order valence-electron chi connectivity index (χ0n) is 14.0. The summed E-state index contributed by atoms with van der Waals surface area (Å²) < 4.78 is 25.4. The number of carbonyl (C=O) groups is 1. The summed E-state index contributed by atoms with van der Waals surface area (Å²) >= 11 is 6.07. The average Bonchev–Trinajstić information content (AvgIpc) is 2.63. The van der Waals surface area contributed by atoms with E-state index in [4.69, 9.17) is 16.7 Å². The molecule has 3 N–H and O–H groups in total. The van der Waals surface area contributed by atoms with Gasteiger partial charge in [-0.05, 0) is 29.8 Å². The van der Waals surface area contributed by atoms with Gasteiger partial charge in [-0.2, -0.15) is 0 Å². The number of pyridine rings is 1.